The fourth-order valence-electron chi connectivity index (χ4n) is 1.80. The molecule has 2 rings (SSSR count). The quantitative estimate of drug-likeness (QED) is 0.621. The number of ether oxygens (including phenoxy) is 1. The number of aliphatic hydroxyl groups excluding tert-OH is 2. The summed E-state index contributed by atoms with van der Waals surface area (Å²) in [5.41, 5.74) is 7.23. The lowest BCUT2D eigenvalue weighted by molar-refractivity contribution is 0.0984. The summed E-state index contributed by atoms with van der Waals surface area (Å²) in [5, 5.41) is 18.3. The van der Waals surface area contributed by atoms with Gasteiger partial charge in [-0.05, 0) is 12.1 Å². The van der Waals surface area contributed by atoms with Crippen LogP contribution in [0.25, 0.3) is 0 Å². The fourth-order valence-corrected chi connectivity index (χ4v) is 1.80. The minimum atomic E-state index is -0.733. The molecule has 0 amide bonds. The highest BCUT2D eigenvalue weighted by molar-refractivity contribution is 5.65. The Hall–Kier alpha value is -1.46. The molecule has 5 heteroatoms. The van der Waals surface area contributed by atoms with Crippen molar-refractivity contribution in [2.45, 2.75) is 6.10 Å². The van der Waals surface area contributed by atoms with Crippen LogP contribution in [0.3, 0.4) is 0 Å². The van der Waals surface area contributed by atoms with Gasteiger partial charge in [0.15, 0.2) is 0 Å². The van der Waals surface area contributed by atoms with E-state index in [1.807, 2.05) is 11.0 Å². The number of fused-ring (bicyclic) bond motifs is 1. The van der Waals surface area contributed by atoms with Crippen molar-refractivity contribution in [3.05, 3.63) is 18.2 Å². The number of nitrogens with zero attached hydrogens (tertiary/aromatic N) is 1. The number of nitrogen functional groups attached to an aromatic ring is 1. The smallest absolute Gasteiger partial charge is 0.144 e. The number of benzene rings is 1. The van der Waals surface area contributed by atoms with Crippen molar-refractivity contribution in [3.63, 3.8) is 0 Å². The van der Waals surface area contributed by atoms with Gasteiger partial charge in [-0.1, -0.05) is 0 Å². The minimum absolute atomic E-state index is 0.234. The van der Waals surface area contributed by atoms with Crippen molar-refractivity contribution < 1.29 is 14.9 Å². The largest absolute Gasteiger partial charge is 0.489 e. The van der Waals surface area contributed by atoms with Gasteiger partial charge in [-0.2, -0.15) is 0 Å². The predicted molar refractivity (Wildman–Crippen MR) is 61.7 cm³/mol. The highest BCUT2D eigenvalue weighted by Crippen LogP contribution is 2.33. The Balaban J connectivity index is 2.19. The van der Waals surface area contributed by atoms with Crippen molar-refractivity contribution in [1.29, 1.82) is 0 Å². The highest BCUT2D eigenvalue weighted by Gasteiger charge is 2.20. The van der Waals surface area contributed by atoms with E-state index in [-0.39, 0.29) is 6.61 Å². The molecule has 1 aromatic carbocycles. The zero-order valence-electron chi connectivity index (χ0n) is 8.97. The molecule has 16 heavy (non-hydrogen) atoms. The first-order chi connectivity index (χ1) is 7.70. The fraction of sp³-hybridized carbons (Fsp3) is 0.455. The molecule has 0 aliphatic carbocycles. The van der Waals surface area contributed by atoms with Crippen molar-refractivity contribution in [2.75, 3.05) is 36.9 Å². The molecule has 0 radical (unpaired) electrons. The average molecular weight is 224 g/mol. The number of β-amino-alcohol motifs (C(OH)–C–C–N with tert-alkyl or cyclic N) is 1. The minimum Gasteiger partial charge on any atom is -0.489 e. The Morgan fingerprint density at radius 2 is 2.31 bits per heavy atom. The van der Waals surface area contributed by atoms with Gasteiger partial charge >= 0.3 is 0 Å². The van der Waals surface area contributed by atoms with Gasteiger partial charge < -0.3 is 25.6 Å². The van der Waals surface area contributed by atoms with Crippen LogP contribution in [-0.4, -0.2) is 42.6 Å². The Labute approximate surface area is 94.1 Å². The number of nitrogens with two attached hydrogens (primary N) is 1. The molecule has 1 aromatic rings. The molecule has 0 saturated heterocycles. The van der Waals surface area contributed by atoms with Crippen LogP contribution in [-0.2, 0) is 0 Å². The molecule has 0 saturated carbocycles. The van der Waals surface area contributed by atoms with E-state index >= 15 is 0 Å². The monoisotopic (exact) mass is 224 g/mol. The highest BCUT2D eigenvalue weighted by atomic mass is 16.5. The van der Waals surface area contributed by atoms with Gasteiger partial charge in [-0.15, -0.1) is 0 Å². The number of hydrogen-bond acceptors (Lipinski definition) is 5. The van der Waals surface area contributed by atoms with E-state index in [1.165, 1.54) is 0 Å². The first kappa shape index (κ1) is 11.0. The van der Waals surface area contributed by atoms with Gasteiger partial charge in [0, 0.05) is 18.3 Å². The van der Waals surface area contributed by atoms with Crippen LogP contribution in [0.15, 0.2) is 18.2 Å². The molecular formula is C11H16N2O3. The van der Waals surface area contributed by atoms with Gasteiger partial charge in [0.2, 0.25) is 0 Å². The molecule has 1 aliphatic rings. The summed E-state index contributed by atoms with van der Waals surface area (Å²) in [4.78, 5) is 1.99. The van der Waals surface area contributed by atoms with Gasteiger partial charge in [0.05, 0.1) is 24.9 Å². The van der Waals surface area contributed by atoms with Gasteiger partial charge in [0.1, 0.15) is 12.4 Å². The maximum Gasteiger partial charge on any atom is 0.144 e. The Morgan fingerprint density at radius 3 is 3.06 bits per heavy atom. The topological polar surface area (TPSA) is 79.0 Å². The van der Waals surface area contributed by atoms with Gasteiger partial charge in [-0.3, -0.25) is 0 Å². The zero-order valence-corrected chi connectivity index (χ0v) is 8.97. The van der Waals surface area contributed by atoms with Crippen LogP contribution in [0, 0.1) is 0 Å². The molecule has 0 fully saturated rings. The molecule has 1 unspecified atom stereocenters. The number of anilines is 2. The average Bonchev–Trinajstić information content (AvgIpc) is 2.28. The summed E-state index contributed by atoms with van der Waals surface area (Å²) in [5.74, 6) is 0.733. The third-order valence-corrected chi connectivity index (χ3v) is 2.59. The van der Waals surface area contributed by atoms with E-state index < -0.39 is 6.10 Å². The summed E-state index contributed by atoms with van der Waals surface area (Å²) in [6, 6.07) is 5.44. The van der Waals surface area contributed by atoms with Crippen LogP contribution in [0.2, 0.25) is 0 Å². The van der Waals surface area contributed by atoms with Gasteiger partial charge in [0.25, 0.3) is 0 Å². The summed E-state index contributed by atoms with van der Waals surface area (Å²) < 4.78 is 5.48. The lowest BCUT2D eigenvalue weighted by Gasteiger charge is -2.32. The molecule has 88 valence electrons. The van der Waals surface area contributed by atoms with Crippen LogP contribution in [0.4, 0.5) is 11.4 Å². The molecule has 0 bridgehead atoms. The molecule has 5 nitrogen and oxygen atoms in total. The Kier molecular flexibility index (Phi) is 3.17. The zero-order chi connectivity index (χ0) is 11.5. The predicted octanol–water partition coefficient (Wildman–Crippen LogP) is -0.179. The van der Waals surface area contributed by atoms with Crippen molar-refractivity contribution in [3.8, 4) is 5.75 Å². The normalized spacial score (nSPS) is 16.5. The van der Waals surface area contributed by atoms with E-state index in [0.717, 1.165) is 11.4 Å². The SMILES string of the molecule is Nc1ccc2c(c1)OCCN2CC(O)CO. The number of hydrogen-bond donors (Lipinski definition) is 3. The summed E-state index contributed by atoms with van der Waals surface area (Å²) in [7, 11) is 0. The summed E-state index contributed by atoms with van der Waals surface area (Å²) >= 11 is 0. The van der Waals surface area contributed by atoms with E-state index in [0.29, 0.717) is 25.4 Å². The molecule has 0 aromatic heterocycles. The van der Waals surface area contributed by atoms with E-state index in [4.69, 9.17) is 15.6 Å². The van der Waals surface area contributed by atoms with E-state index in [1.54, 1.807) is 12.1 Å². The Bertz CT molecular complexity index is 370. The second-order valence-corrected chi connectivity index (χ2v) is 3.86. The van der Waals surface area contributed by atoms with Crippen molar-refractivity contribution >= 4 is 11.4 Å². The molecule has 0 spiro atoms. The standard InChI is InChI=1S/C11H16N2O3/c12-8-1-2-10-11(5-8)16-4-3-13(10)6-9(15)7-14/h1-2,5,9,14-15H,3-4,6-7,12H2. The van der Waals surface area contributed by atoms with Gasteiger partial charge in [-0.25, -0.2) is 0 Å². The van der Waals surface area contributed by atoms with E-state index in [9.17, 15) is 5.11 Å². The third kappa shape index (κ3) is 2.20. The number of aliphatic hydroxyl groups is 2. The van der Waals surface area contributed by atoms with Crippen molar-refractivity contribution in [1.82, 2.24) is 0 Å². The lowest BCUT2D eigenvalue weighted by Crippen LogP contribution is -2.39. The molecule has 1 heterocycles. The number of rotatable bonds is 3. The van der Waals surface area contributed by atoms with Crippen LogP contribution in [0.1, 0.15) is 0 Å². The first-order valence-electron chi connectivity index (χ1n) is 5.27. The summed E-state index contributed by atoms with van der Waals surface area (Å²) in [6.45, 7) is 1.43. The third-order valence-electron chi connectivity index (χ3n) is 2.59. The molecular weight excluding hydrogens is 208 g/mol. The van der Waals surface area contributed by atoms with Crippen LogP contribution < -0.4 is 15.4 Å². The second kappa shape index (κ2) is 4.59. The van der Waals surface area contributed by atoms with Crippen molar-refractivity contribution in [2.24, 2.45) is 0 Å². The lowest BCUT2D eigenvalue weighted by atomic mass is 10.2. The molecule has 1 aliphatic heterocycles. The van der Waals surface area contributed by atoms with Crippen LogP contribution in [0.5, 0.6) is 5.75 Å². The summed E-state index contributed by atoms with van der Waals surface area (Å²) in [6.07, 6.45) is -0.733. The Morgan fingerprint density at radius 1 is 1.50 bits per heavy atom. The maximum atomic E-state index is 9.43. The van der Waals surface area contributed by atoms with E-state index in [2.05, 4.69) is 0 Å². The molecule has 1 atom stereocenters. The maximum absolute atomic E-state index is 9.43. The molecule has 4 N–H and O–H groups in total. The van der Waals surface area contributed by atoms with Crippen LogP contribution >= 0.6 is 0 Å². The second-order valence-electron chi connectivity index (χ2n) is 3.86. The first-order valence-corrected chi connectivity index (χ1v) is 5.27.